The zero-order chi connectivity index (χ0) is 9.80. The molecular formula is C11H23N3. The topological polar surface area (TPSA) is 18.5 Å². The molecule has 0 amide bonds. The first-order valence-electron chi connectivity index (χ1n) is 6.03. The molecule has 2 fully saturated rings. The van der Waals surface area contributed by atoms with Gasteiger partial charge in [0.05, 0.1) is 0 Å². The Balaban J connectivity index is 1.72. The number of hydrogen-bond acceptors (Lipinski definition) is 3. The van der Waals surface area contributed by atoms with Crippen LogP contribution in [0.1, 0.15) is 19.8 Å². The lowest BCUT2D eigenvalue weighted by Gasteiger charge is -2.34. The van der Waals surface area contributed by atoms with Gasteiger partial charge in [0.2, 0.25) is 0 Å². The Morgan fingerprint density at radius 2 is 1.71 bits per heavy atom. The van der Waals surface area contributed by atoms with E-state index in [1.165, 1.54) is 58.7 Å². The van der Waals surface area contributed by atoms with E-state index < -0.39 is 0 Å². The molecule has 0 spiro atoms. The minimum absolute atomic E-state index is 0.746. The van der Waals surface area contributed by atoms with Gasteiger partial charge in [0.15, 0.2) is 0 Å². The minimum atomic E-state index is 0.746. The molecule has 2 aliphatic rings. The Kier molecular flexibility index (Phi) is 3.79. The number of nitrogens with zero attached hydrogens (tertiary/aromatic N) is 2. The number of hydrogen-bond donors (Lipinski definition) is 1. The van der Waals surface area contributed by atoms with Gasteiger partial charge in [-0.2, -0.15) is 0 Å². The van der Waals surface area contributed by atoms with Crippen LogP contribution in [0.25, 0.3) is 0 Å². The lowest BCUT2D eigenvalue weighted by Crippen LogP contribution is -2.50. The Morgan fingerprint density at radius 1 is 1.07 bits per heavy atom. The summed E-state index contributed by atoms with van der Waals surface area (Å²) in [7, 11) is 0. The van der Waals surface area contributed by atoms with Crippen molar-refractivity contribution in [2.24, 2.45) is 0 Å². The standard InChI is InChI=1S/C11H23N3/c1-11(10-13-6-2-3-7-13)14-8-4-12-5-9-14/h11-12H,2-10H2,1H3. The molecule has 2 rings (SSSR count). The zero-order valence-corrected chi connectivity index (χ0v) is 9.34. The fourth-order valence-corrected chi connectivity index (χ4v) is 2.58. The van der Waals surface area contributed by atoms with Crippen molar-refractivity contribution >= 4 is 0 Å². The number of likely N-dealkylation sites (tertiary alicyclic amines) is 1. The maximum Gasteiger partial charge on any atom is 0.0195 e. The van der Waals surface area contributed by atoms with E-state index >= 15 is 0 Å². The molecule has 14 heavy (non-hydrogen) atoms. The molecule has 2 heterocycles. The monoisotopic (exact) mass is 197 g/mol. The quantitative estimate of drug-likeness (QED) is 0.705. The fraction of sp³-hybridized carbons (Fsp3) is 1.00. The lowest BCUT2D eigenvalue weighted by atomic mass is 10.2. The molecule has 82 valence electrons. The van der Waals surface area contributed by atoms with Gasteiger partial charge < -0.3 is 10.2 Å². The first-order valence-corrected chi connectivity index (χ1v) is 6.03. The Hall–Kier alpha value is -0.120. The molecule has 0 aromatic heterocycles. The molecular weight excluding hydrogens is 174 g/mol. The third-order valence-corrected chi connectivity index (χ3v) is 3.50. The maximum atomic E-state index is 3.41. The van der Waals surface area contributed by atoms with Crippen LogP contribution in [-0.2, 0) is 0 Å². The molecule has 2 aliphatic heterocycles. The zero-order valence-electron chi connectivity index (χ0n) is 9.34. The molecule has 0 bridgehead atoms. The van der Waals surface area contributed by atoms with Crippen molar-refractivity contribution in [2.75, 3.05) is 45.8 Å². The fourth-order valence-electron chi connectivity index (χ4n) is 2.58. The van der Waals surface area contributed by atoms with Crippen molar-refractivity contribution < 1.29 is 0 Å². The summed E-state index contributed by atoms with van der Waals surface area (Å²) >= 11 is 0. The van der Waals surface area contributed by atoms with Gasteiger partial charge in [-0.25, -0.2) is 0 Å². The second-order valence-electron chi connectivity index (χ2n) is 4.64. The Bertz CT molecular complexity index is 160. The first-order chi connectivity index (χ1) is 6.86. The van der Waals surface area contributed by atoms with Gasteiger partial charge in [-0.15, -0.1) is 0 Å². The number of nitrogens with one attached hydrogen (secondary N) is 1. The Labute approximate surface area is 87.4 Å². The minimum Gasteiger partial charge on any atom is -0.314 e. The van der Waals surface area contributed by atoms with E-state index in [0.29, 0.717) is 0 Å². The summed E-state index contributed by atoms with van der Waals surface area (Å²) in [5.74, 6) is 0. The van der Waals surface area contributed by atoms with Gasteiger partial charge >= 0.3 is 0 Å². The van der Waals surface area contributed by atoms with Gasteiger partial charge in [0, 0.05) is 38.8 Å². The summed E-state index contributed by atoms with van der Waals surface area (Å²) < 4.78 is 0. The molecule has 1 unspecified atom stereocenters. The molecule has 1 atom stereocenters. The van der Waals surface area contributed by atoms with Crippen LogP contribution in [0.15, 0.2) is 0 Å². The van der Waals surface area contributed by atoms with Crippen LogP contribution in [0.5, 0.6) is 0 Å². The maximum absolute atomic E-state index is 3.41. The Morgan fingerprint density at radius 3 is 2.36 bits per heavy atom. The van der Waals surface area contributed by atoms with Crippen molar-refractivity contribution in [2.45, 2.75) is 25.8 Å². The van der Waals surface area contributed by atoms with E-state index in [4.69, 9.17) is 0 Å². The summed E-state index contributed by atoms with van der Waals surface area (Å²) in [6, 6.07) is 0.746. The van der Waals surface area contributed by atoms with E-state index in [0.717, 1.165) is 6.04 Å². The van der Waals surface area contributed by atoms with Crippen LogP contribution in [-0.4, -0.2) is 61.7 Å². The SMILES string of the molecule is CC(CN1CCCC1)N1CCNCC1. The lowest BCUT2D eigenvalue weighted by molar-refractivity contribution is 0.146. The molecule has 2 saturated heterocycles. The summed E-state index contributed by atoms with van der Waals surface area (Å²) in [5, 5.41) is 3.41. The van der Waals surface area contributed by atoms with Crippen LogP contribution in [0.2, 0.25) is 0 Å². The molecule has 0 saturated carbocycles. The van der Waals surface area contributed by atoms with Crippen molar-refractivity contribution in [3.63, 3.8) is 0 Å². The molecule has 0 radical (unpaired) electrons. The van der Waals surface area contributed by atoms with Crippen molar-refractivity contribution in [1.29, 1.82) is 0 Å². The average molecular weight is 197 g/mol. The van der Waals surface area contributed by atoms with Crippen LogP contribution in [0, 0.1) is 0 Å². The molecule has 3 nitrogen and oxygen atoms in total. The highest BCUT2D eigenvalue weighted by Gasteiger charge is 2.20. The van der Waals surface area contributed by atoms with Crippen LogP contribution < -0.4 is 5.32 Å². The first kappa shape index (κ1) is 10.4. The second-order valence-corrected chi connectivity index (χ2v) is 4.64. The third-order valence-electron chi connectivity index (χ3n) is 3.50. The van der Waals surface area contributed by atoms with Gasteiger partial charge in [0.1, 0.15) is 0 Å². The largest absolute Gasteiger partial charge is 0.314 e. The predicted octanol–water partition coefficient (Wildman–Crippen LogP) is 0.376. The highest BCUT2D eigenvalue weighted by atomic mass is 15.2. The number of rotatable bonds is 3. The predicted molar refractivity (Wildman–Crippen MR) is 59.6 cm³/mol. The highest BCUT2D eigenvalue weighted by molar-refractivity contribution is 4.78. The van der Waals surface area contributed by atoms with Crippen LogP contribution >= 0.6 is 0 Å². The third kappa shape index (κ3) is 2.69. The van der Waals surface area contributed by atoms with E-state index in [2.05, 4.69) is 22.0 Å². The van der Waals surface area contributed by atoms with E-state index in [-0.39, 0.29) is 0 Å². The number of piperazine rings is 1. The van der Waals surface area contributed by atoms with E-state index in [1.807, 2.05) is 0 Å². The van der Waals surface area contributed by atoms with E-state index in [9.17, 15) is 0 Å². The summed E-state index contributed by atoms with van der Waals surface area (Å²) in [6.07, 6.45) is 2.82. The molecule has 0 aliphatic carbocycles. The second kappa shape index (κ2) is 5.10. The van der Waals surface area contributed by atoms with Crippen molar-refractivity contribution in [3.8, 4) is 0 Å². The summed E-state index contributed by atoms with van der Waals surface area (Å²) in [6.45, 7) is 11.1. The molecule has 0 aromatic carbocycles. The van der Waals surface area contributed by atoms with Gasteiger partial charge in [-0.05, 0) is 32.9 Å². The molecule has 0 aromatic rings. The van der Waals surface area contributed by atoms with Gasteiger partial charge in [-0.3, -0.25) is 4.90 Å². The summed E-state index contributed by atoms with van der Waals surface area (Å²) in [5.41, 5.74) is 0. The van der Waals surface area contributed by atoms with Crippen molar-refractivity contribution in [3.05, 3.63) is 0 Å². The van der Waals surface area contributed by atoms with E-state index in [1.54, 1.807) is 0 Å². The normalized spacial score (nSPS) is 28.1. The van der Waals surface area contributed by atoms with Gasteiger partial charge in [0.25, 0.3) is 0 Å². The molecule has 1 N–H and O–H groups in total. The summed E-state index contributed by atoms with van der Waals surface area (Å²) in [4.78, 5) is 5.24. The highest BCUT2D eigenvalue weighted by Crippen LogP contribution is 2.10. The van der Waals surface area contributed by atoms with Crippen LogP contribution in [0.4, 0.5) is 0 Å². The smallest absolute Gasteiger partial charge is 0.0195 e. The average Bonchev–Trinajstić information content (AvgIpc) is 2.72. The van der Waals surface area contributed by atoms with Crippen LogP contribution in [0.3, 0.4) is 0 Å². The molecule has 3 heteroatoms. The van der Waals surface area contributed by atoms with Gasteiger partial charge in [-0.1, -0.05) is 0 Å². The van der Waals surface area contributed by atoms with Crippen molar-refractivity contribution in [1.82, 2.24) is 15.1 Å².